The lowest BCUT2D eigenvalue weighted by Gasteiger charge is -2.27. The summed E-state index contributed by atoms with van der Waals surface area (Å²) in [7, 11) is 0. The van der Waals surface area contributed by atoms with Gasteiger partial charge in [0.05, 0.1) is 19.3 Å². The van der Waals surface area contributed by atoms with Crippen LogP contribution in [0.2, 0.25) is 0 Å². The first-order chi connectivity index (χ1) is 10.8. The minimum absolute atomic E-state index is 0.594. The molecule has 0 saturated carbocycles. The van der Waals surface area contributed by atoms with Crippen LogP contribution < -0.4 is 5.73 Å². The van der Waals surface area contributed by atoms with E-state index >= 15 is 0 Å². The van der Waals surface area contributed by atoms with Gasteiger partial charge < -0.3 is 10.6 Å². The van der Waals surface area contributed by atoms with Crippen LogP contribution in [0.4, 0.5) is 0 Å². The number of hydrogen-bond donors (Lipinski definition) is 1. The molecule has 0 spiro atoms. The molecule has 2 aromatic rings. The molecule has 1 fully saturated rings. The lowest BCUT2D eigenvalue weighted by atomic mass is 10.1. The second-order valence-corrected chi connectivity index (χ2v) is 5.75. The lowest BCUT2D eigenvalue weighted by Crippen LogP contribution is -2.40. The van der Waals surface area contributed by atoms with Gasteiger partial charge in [-0.15, -0.1) is 0 Å². The maximum Gasteiger partial charge on any atom is 0.191 e. The summed E-state index contributed by atoms with van der Waals surface area (Å²) in [5, 5.41) is 4.39. The summed E-state index contributed by atoms with van der Waals surface area (Å²) < 4.78 is 1.94. The Balaban J connectivity index is 1.57. The molecule has 1 saturated heterocycles. The minimum Gasteiger partial charge on any atom is -0.370 e. The number of nitrogens with zero attached hydrogens (tertiary/aromatic N) is 4. The maximum absolute atomic E-state index is 6.08. The summed E-state index contributed by atoms with van der Waals surface area (Å²) in [5.74, 6) is 0.663. The Hall–Kier alpha value is -2.30. The summed E-state index contributed by atoms with van der Waals surface area (Å²) in [6.07, 6.45) is 7.64. The molecule has 0 amide bonds. The van der Waals surface area contributed by atoms with E-state index in [1.807, 2.05) is 35.3 Å². The number of benzene rings is 1. The Morgan fingerprint density at radius 1 is 1.09 bits per heavy atom. The van der Waals surface area contributed by atoms with Crippen LogP contribution in [0.5, 0.6) is 0 Å². The van der Waals surface area contributed by atoms with E-state index in [-0.39, 0.29) is 0 Å². The Morgan fingerprint density at radius 3 is 2.64 bits per heavy atom. The Bertz CT molecular complexity index is 611. The quantitative estimate of drug-likeness (QED) is 0.695. The number of aromatic nitrogens is 2. The van der Waals surface area contributed by atoms with Gasteiger partial charge in [-0.25, -0.2) is 4.99 Å². The molecule has 0 radical (unpaired) electrons. The van der Waals surface area contributed by atoms with Crippen LogP contribution in [0.25, 0.3) is 0 Å². The van der Waals surface area contributed by atoms with E-state index in [2.05, 4.69) is 27.1 Å². The number of nitrogens with two attached hydrogens (primary N) is 1. The van der Waals surface area contributed by atoms with Crippen LogP contribution in [0.15, 0.2) is 47.7 Å². The Kier molecular flexibility index (Phi) is 4.73. The third-order valence-corrected chi connectivity index (χ3v) is 3.98. The van der Waals surface area contributed by atoms with Gasteiger partial charge in [0.1, 0.15) is 0 Å². The van der Waals surface area contributed by atoms with E-state index in [1.54, 1.807) is 0 Å². The molecule has 22 heavy (non-hydrogen) atoms. The van der Waals surface area contributed by atoms with E-state index in [0.29, 0.717) is 12.5 Å². The van der Waals surface area contributed by atoms with Crippen LogP contribution >= 0.6 is 0 Å². The monoisotopic (exact) mass is 297 g/mol. The van der Waals surface area contributed by atoms with Crippen LogP contribution in [0, 0.1) is 0 Å². The molecule has 5 nitrogen and oxygen atoms in total. The summed E-state index contributed by atoms with van der Waals surface area (Å²) in [5.41, 5.74) is 8.41. The van der Waals surface area contributed by atoms with Gasteiger partial charge in [-0.2, -0.15) is 5.10 Å². The molecule has 2 heterocycles. The van der Waals surface area contributed by atoms with Crippen molar-refractivity contribution in [1.29, 1.82) is 0 Å². The first-order valence-corrected chi connectivity index (χ1v) is 7.91. The van der Waals surface area contributed by atoms with E-state index < -0.39 is 0 Å². The zero-order valence-corrected chi connectivity index (χ0v) is 12.9. The largest absolute Gasteiger partial charge is 0.370 e. The van der Waals surface area contributed by atoms with Crippen molar-refractivity contribution >= 4 is 5.96 Å². The number of piperidine rings is 1. The number of guanidine groups is 1. The highest BCUT2D eigenvalue weighted by molar-refractivity contribution is 5.78. The summed E-state index contributed by atoms with van der Waals surface area (Å²) in [6.45, 7) is 3.44. The van der Waals surface area contributed by atoms with Crippen molar-refractivity contribution in [3.8, 4) is 0 Å². The zero-order valence-electron chi connectivity index (χ0n) is 12.9. The topological polar surface area (TPSA) is 59.4 Å². The van der Waals surface area contributed by atoms with Crippen LogP contribution in [-0.2, 0) is 13.1 Å². The average Bonchev–Trinajstić information content (AvgIpc) is 3.02. The van der Waals surface area contributed by atoms with Gasteiger partial charge in [-0.3, -0.25) is 4.68 Å². The Labute approximate surface area is 131 Å². The van der Waals surface area contributed by atoms with E-state index in [0.717, 1.165) is 25.2 Å². The molecule has 1 aromatic heterocycles. The van der Waals surface area contributed by atoms with Gasteiger partial charge in [0.15, 0.2) is 5.96 Å². The third kappa shape index (κ3) is 3.87. The minimum atomic E-state index is 0.594. The van der Waals surface area contributed by atoms with E-state index in [4.69, 9.17) is 5.73 Å². The van der Waals surface area contributed by atoms with Crippen molar-refractivity contribution in [2.75, 3.05) is 13.1 Å². The predicted octanol–water partition coefficient (Wildman–Crippen LogP) is 2.23. The number of hydrogen-bond acceptors (Lipinski definition) is 2. The number of aliphatic imine (C=N–C) groups is 1. The van der Waals surface area contributed by atoms with Gasteiger partial charge >= 0.3 is 0 Å². The van der Waals surface area contributed by atoms with Crippen molar-refractivity contribution in [2.24, 2.45) is 10.7 Å². The smallest absolute Gasteiger partial charge is 0.191 e. The van der Waals surface area contributed by atoms with Gasteiger partial charge in [-0.1, -0.05) is 30.3 Å². The fourth-order valence-electron chi connectivity index (χ4n) is 2.74. The molecule has 0 atom stereocenters. The molecule has 116 valence electrons. The van der Waals surface area contributed by atoms with Crippen molar-refractivity contribution < 1.29 is 0 Å². The first-order valence-electron chi connectivity index (χ1n) is 7.91. The fraction of sp³-hybridized carbons (Fsp3) is 0.412. The number of rotatable bonds is 4. The van der Waals surface area contributed by atoms with Gasteiger partial charge in [0, 0.05) is 24.8 Å². The molecule has 1 aliphatic heterocycles. The maximum atomic E-state index is 6.08. The molecule has 5 heteroatoms. The highest BCUT2D eigenvalue weighted by atomic mass is 15.3. The van der Waals surface area contributed by atoms with Gasteiger partial charge in [0.25, 0.3) is 0 Å². The average molecular weight is 297 g/mol. The van der Waals surface area contributed by atoms with Crippen molar-refractivity contribution in [1.82, 2.24) is 14.7 Å². The Morgan fingerprint density at radius 2 is 1.86 bits per heavy atom. The summed E-state index contributed by atoms with van der Waals surface area (Å²) in [6, 6.07) is 10.3. The molecule has 1 aliphatic rings. The standard InChI is InChI=1S/C17H23N5/c18-17(21-9-5-2-6-10-21)19-11-16-12-20-22(14-16)13-15-7-3-1-4-8-15/h1,3-4,7-8,12,14H,2,5-6,9-11,13H2,(H2,18,19). The predicted molar refractivity (Wildman–Crippen MR) is 88.5 cm³/mol. The molecule has 2 N–H and O–H groups in total. The third-order valence-electron chi connectivity index (χ3n) is 3.98. The highest BCUT2D eigenvalue weighted by Gasteiger charge is 2.11. The molecule has 1 aromatic carbocycles. The molecular formula is C17H23N5. The fourth-order valence-corrected chi connectivity index (χ4v) is 2.74. The van der Waals surface area contributed by atoms with Crippen molar-refractivity contribution in [3.63, 3.8) is 0 Å². The van der Waals surface area contributed by atoms with Gasteiger partial charge in [0.2, 0.25) is 0 Å². The lowest BCUT2D eigenvalue weighted by molar-refractivity contribution is 0.338. The van der Waals surface area contributed by atoms with Crippen LogP contribution in [0.3, 0.4) is 0 Å². The highest BCUT2D eigenvalue weighted by Crippen LogP contribution is 2.09. The van der Waals surface area contributed by atoms with Crippen molar-refractivity contribution in [2.45, 2.75) is 32.4 Å². The molecule has 0 bridgehead atoms. The zero-order chi connectivity index (χ0) is 15.2. The second-order valence-electron chi connectivity index (χ2n) is 5.75. The second kappa shape index (κ2) is 7.11. The normalized spacial score (nSPS) is 16.0. The molecule has 0 aliphatic carbocycles. The molecule has 3 rings (SSSR count). The summed E-state index contributed by atoms with van der Waals surface area (Å²) in [4.78, 5) is 6.68. The summed E-state index contributed by atoms with van der Waals surface area (Å²) >= 11 is 0. The van der Waals surface area contributed by atoms with Gasteiger partial charge in [-0.05, 0) is 24.8 Å². The first kappa shape index (κ1) is 14.6. The van der Waals surface area contributed by atoms with Crippen LogP contribution in [0.1, 0.15) is 30.4 Å². The molecular weight excluding hydrogens is 274 g/mol. The van der Waals surface area contributed by atoms with Crippen LogP contribution in [-0.4, -0.2) is 33.7 Å². The SMILES string of the molecule is NC(=NCc1cnn(Cc2ccccc2)c1)N1CCCCC1. The number of likely N-dealkylation sites (tertiary alicyclic amines) is 1. The van der Waals surface area contributed by atoms with Crippen molar-refractivity contribution in [3.05, 3.63) is 53.9 Å². The molecule has 0 unspecified atom stereocenters. The van der Waals surface area contributed by atoms with E-state index in [9.17, 15) is 0 Å². The van der Waals surface area contributed by atoms with E-state index in [1.165, 1.54) is 24.8 Å².